The van der Waals surface area contributed by atoms with Crippen LogP contribution < -0.4 is 14.8 Å². The van der Waals surface area contributed by atoms with Gasteiger partial charge in [-0.25, -0.2) is 4.39 Å². The molecule has 0 radical (unpaired) electrons. The number of carbonyl (C=O) groups is 1. The number of methoxy groups -OCH3 is 2. The van der Waals surface area contributed by atoms with Crippen LogP contribution in [-0.2, 0) is 17.8 Å². The molecule has 2 aromatic rings. The second-order valence-corrected chi connectivity index (χ2v) is 6.93. The number of carbonyl (C=O) groups excluding carboxylic acids is 1. The van der Waals surface area contributed by atoms with Crippen molar-refractivity contribution in [3.05, 3.63) is 58.4 Å². The van der Waals surface area contributed by atoms with Gasteiger partial charge in [0.25, 0.3) is 0 Å². The van der Waals surface area contributed by atoms with E-state index in [2.05, 4.69) is 5.32 Å². The Morgan fingerprint density at radius 2 is 1.93 bits per heavy atom. The van der Waals surface area contributed by atoms with E-state index in [-0.39, 0.29) is 18.3 Å². The molecule has 2 aromatic carbocycles. The highest BCUT2D eigenvalue weighted by Gasteiger charge is 2.20. The van der Waals surface area contributed by atoms with Crippen LogP contribution in [0.2, 0.25) is 5.02 Å². The van der Waals surface area contributed by atoms with Crippen molar-refractivity contribution in [2.45, 2.75) is 25.9 Å². The van der Waals surface area contributed by atoms with Gasteiger partial charge in [0.2, 0.25) is 5.91 Å². The fourth-order valence-electron chi connectivity index (χ4n) is 2.78. The monoisotopic (exact) mass is 408 g/mol. The summed E-state index contributed by atoms with van der Waals surface area (Å²) in [7, 11) is 4.94. The second kappa shape index (κ2) is 10.3. The van der Waals surface area contributed by atoms with Gasteiger partial charge in [-0.15, -0.1) is 0 Å². The Morgan fingerprint density at radius 3 is 2.57 bits per heavy atom. The maximum atomic E-state index is 14.0. The molecule has 152 valence electrons. The van der Waals surface area contributed by atoms with E-state index in [1.54, 1.807) is 45.2 Å². The molecule has 0 aliphatic carbocycles. The summed E-state index contributed by atoms with van der Waals surface area (Å²) in [5.41, 5.74) is 1.41. The largest absolute Gasteiger partial charge is 0.493 e. The molecule has 0 spiro atoms. The number of ether oxygens (including phenoxy) is 2. The van der Waals surface area contributed by atoms with Crippen molar-refractivity contribution in [3.63, 3.8) is 0 Å². The number of halogens is 2. The van der Waals surface area contributed by atoms with E-state index in [1.807, 2.05) is 18.2 Å². The first kappa shape index (κ1) is 22.0. The molecule has 1 N–H and O–H groups in total. The number of hydrogen-bond acceptors (Lipinski definition) is 4. The molecule has 1 amide bonds. The Morgan fingerprint density at radius 1 is 1.21 bits per heavy atom. The van der Waals surface area contributed by atoms with Crippen molar-refractivity contribution in [3.8, 4) is 11.5 Å². The van der Waals surface area contributed by atoms with Gasteiger partial charge in [0.1, 0.15) is 5.82 Å². The fraction of sp³-hybridized carbons (Fsp3) is 0.381. The van der Waals surface area contributed by atoms with Gasteiger partial charge >= 0.3 is 0 Å². The Balaban J connectivity index is 1.88. The fourth-order valence-corrected chi connectivity index (χ4v) is 3.01. The molecule has 7 heteroatoms. The quantitative estimate of drug-likeness (QED) is 0.687. The van der Waals surface area contributed by atoms with Gasteiger partial charge in [0, 0.05) is 23.7 Å². The highest BCUT2D eigenvalue weighted by molar-refractivity contribution is 6.31. The average molecular weight is 409 g/mol. The predicted molar refractivity (Wildman–Crippen MR) is 109 cm³/mol. The number of rotatable bonds is 9. The molecule has 0 saturated heterocycles. The molecular weight excluding hydrogens is 383 g/mol. The molecule has 0 aliphatic rings. The first-order chi connectivity index (χ1) is 13.4. The minimum atomic E-state index is -0.430. The summed E-state index contributed by atoms with van der Waals surface area (Å²) in [6.07, 6.45) is 0.654. The summed E-state index contributed by atoms with van der Waals surface area (Å²) in [6.45, 7) is 2.50. The summed E-state index contributed by atoms with van der Waals surface area (Å²) in [4.78, 5) is 14.2. The highest BCUT2D eigenvalue weighted by Crippen LogP contribution is 2.27. The van der Waals surface area contributed by atoms with Gasteiger partial charge in [-0.05, 0) is 50.2 Å². The molecule has 28 heavy (non-hydrogen) atoms. The van der Waals surface area contributed by atoms with Crippen LogP contribution in [0.25, 0.3) is 0 Å². The molecule has 5 nitrogen and oxygen atoms in total. The molecule has 0 aliphatic heterocycles. The Hall–Kier alpha value is -2.31. The van der Waals surface area contributed by atoms with Gasteiger partial charge in [0.15, 0.2) is 11.5 Å². The van der Waals surface area contributed by atoms with Crippen molar-refractivity contribution in [1.29, 1.82) is 0 Å². The minimum Gasteiger partial charge on any atom is -0.493 e. The SMILES string of the molecule is COc1ccc(CCNC(=O)C(C)N(C)Cc2c(F)cccc2Cl)cc1OC. The molecule has 0 bridgehead atoms. The van der Waals surface area contributed by atoms with E-state index in [9.17, 15) is 9.18 Å². The average Bonchev–Trinajstić information content (AvgIpc) is 2.69. The first-order valence-electron chi connectivity index (χ1n) is 8.99. The van der Waals surface area contributed by atoms with Crippen LogP contribution in [0.3, 0.4) is 0 Å². The van der Waals surface area contributed by atoms with Crippen LogP contribution in [0.5, 0.6) is 11.5 Å². The third kappa shape index (κ3) is 5.59. The minimum absolute atomic E-state index is 0.129. The Bertz CT molecular complexity index is 796. The zero-order valence-corrected chi connectivity index (χ0v) is 17.3. The van der Waals surface area contributed by atoms with Crippen LogP contribution in [0.1, 0.15) is 18.1 Å². The van der Waals surface area contributed by atoms with Crippen LogP contribution >= 0.6 is 11.6 Å². The van der Waals surface area contributed by atoms with Crippen LogP contribution in [0, 0.1) is 5.82 Å². The summed E-state index contributed by atoms with van der Waals surface area (Å²) >= 11 is 6.07. The maximum Gasteiger partial charge on any atom is 0.237 e. The summed E-state index contributed by atoms with van der Waals surface area (Å²) in [6, 6.07) is 9.80. The van der Waals surface area contributed by atoms with Crippen molar-refractivity contribution in [1.82, 2.24) is 10.2 Å². The smallest absolute Gasteiger partial charge is 0.237 e. The molecule has 0 aromatic heterocycles. The summed E-state index contributed by atoms with van der Waals surface area (Å²) in [5, 5.41) is 3.27. The summed E-state index contributed by atoms with van der Waals surface area (Å²) < 4.78 is 24.5. The number of nitrogens with zero attached hydrogens (tertiary/aromatic N) is 1. The predicted octanol–water partition coefficient (Wildman–Crippen LogP) is 3.68. The zero-order chi connectivity index (χ0) is 20.7. The maximum absolute atomic E-state index is 14.0. The van der Waals surface area contributed by atoms with E-state index in [1.165, 1.54) is 6.07 Å². The third-order valence-corrected chi connectivity index (χ3v) is 5.02. The van der Waals surface area contributed by atoms with Crippen LogP contribution in [0.15, 0.2) is 36.4 Å². The van der Waals surface area contributed by atoms with Gasteiger partial charge in [-0.1, -0.05) is 23.7 Å². The Labute approximate surface area is 170 Å². The van der Waals surface area contributed by atoms with E-state index >= 15 is 0 Å². The van der Waals surface area contributed by atoms with Crippen LogP contribution in [-0.4, -0.2) is 44.7 Å². The lowest BCUT2D eigenvalue weighted by Crippen LogP contribution is -2.43. The molecule has 0 saturated carbocycles. The molecule has 0 heterocycles. The lowest BCUT2D eigenvalue weighted by Gasteiger charge is -2.24. The number of benzene rings is 2. The molecule has 2 rings (SSSR count). The van der Waals surface area contributed by atoms with E-state index in [0.717, 1.165) is 5.56 Å². The lowest BCUT2D eigenvalue weighted by atomic mass is 10.1. The van der Waals surface area contributed by atoms with E-state index in [0.29, 0.717) is 35.1 Å². The first-order valence-corrected chi connectivity index (χ1v) is 9.37. The van der Waals surface area contributed by atoms with Crippen molar-refractivity contribution in [2.24, 2.45) is 0 Å². The number of hydrogen-bond donors (Lipinski definition) is 1. The van der Waals surface area contributed by atoms with Crippen molar-refractivity contribution < 1.29 is 18.7 Å². The molecule has 1 atom stereocenters. The van der Waals surface area contributed by atoms with E-state index < -0.39 is 6.04 Å². The standard InChI is InChI=1S/C21H26ClFN2O3/c1-14(25(2)13-16-17(22)6-5-7-18(16)23)21(26)24-11-10-15-8-9-19(27-3)20(12-15)28-4/h5-9,12,14H,10-11,13H2,1-4H3,(H,24,26). The van der Waals surface area contributed by atoms with Crippen LogP contribution in [0.4, 0.5) is 4.39 Å². The third-order valence-electron chi connectivity index (χ3n) is 4.67. The van der Waals surface area contributed by atoms with Gasteiger partial charge < -0.3 is 14.8 Å². The second-order valence-electron chi connectivity index (χ2n) is 6.52. The van der Waals surface area contributed by atoms with Gasteiger partial charge in [-0.3, -0.25) is 9.69 Å². The Kier molecular flexibility index (Phi) is 8.08. The normalized spacial score (nSPS) is 12.0. The molecular formula is C21H26ClFN2O3. The number of amides is 1. The van der Waals surface area contributed by atoms with Crippen molar-refractivity contribution in [2.75, 3.05) is 27.8 Å². The zero-order valence-electron chi connectivity index (χ0n) is 16.6. The van der Waals surface area contributed by atoms with Gasteiger partial charge in [0.05, 0.1) is 20.3 Å². The highest BCUT2D eigenvalue weighted by atomic mass is 35.5. The van der Waals surface area contributed by atoms with Gasteiger partial charge in [-0.2, -0.15) is 0 Å². The lowest BCUT2D eigenvalue weighted by molar-refractivity contribution is -0.125. The molecule has 1 unspecified atom stereocenters. The summed E-state index contributed by atoms with van der Waals surface area (Å²) in [5.74, 6) is 0.814. The molecule has 0 fully saturated rings. The topological polar surface area (TPSA) is 50.8 Å². The number of nitrogens with one attached hydrogen (secondary N) is 1. The number of likely N-dealkylation sites (N-methyl/N-ethyl adjacent to an activating group) is 1. The van der Waals surface area contributed by atoms with Crippen molar-refractivity contribution >= 4 is 17.5 Å². The van der Waals surface area contributed by atoms with E-state index in [4.69, 9.17) is 21.1 Å².